The normalized spacial score (nSPS) is 17.0. The van der Waals surface area contributed by atoms with Crippen molar-refractivity contribution in [1.29, 1.82) is 0 Å². The molecule has 1 N–H and O–H groups in total. The van der Waals surface area contributed by atoms with Gasteiger partial charge < -0.3 is 14.8 Å². The van der Waals surface area contributed by atoms with Gasteiger partial charge in [-0.15, -0.1) is 0 Å². The van der Waals surface area contributed by atoms with E-state index in [0.29, 0.717) is 12.8 Å². The molecule has 1 heterocycles. The van der Waals surface area contributed by atoms with E-state index in [1.54, 1.807) is 0 Å². The molecule has 0 aromatic heterocycles. The molecule has 1 saturated heterocycles. The average Bonchev–Trinajstić information content (AvgIpc) is 2.73. The number of hydrogen-bond acceptors (Lipinski definition) is 4. The number of carbonyl (C=O) groups excluding carboxylic acids is 2. The Morgan fingerprint density at radius 2 is 1.67 bits per heavy atom. The van der Waals surface area contributed by atoms with Crippen LogP contribution in [-0.2, 0) is 20.9 Å². The van der Waals surface area contributed by atoms with Crippen LogP contribution in [0.5, 0.6) is 0 Å². The van der Waals surface area contributed by atoms with Crippen LogP contribution in [0.1, 0.15) is 42.7 Å². The highest BCUT2D eigenvalue weighted by atomic mass is 16.5. The van der Waals surface area contributed by atoms with Crippen LogP contribution in [0.4, 0.5) is 0 Å². The van der Waals surface area contributed by atoms with Crippen LogP contribution in [0.15, 0.2) is 60.7 Å². The van der Waals surface area contributed by atoms with E-state index in [1.165, 1.54) is 0 Å². The van der Waals surface area contributed by atoms with Gasteiger partial charge >= 0.3 is 5.97 Å². The number of nitrogens with one attached hydrogen (secondary N) is 1. The largest absolute Gasteiger partial charge is 0.460 e. The van der Waals surface area contributed by atoms with E-state index in [2.05, 4.69) is 5.32 Å². The summed E-state index contributed by atoms with van der Waals surface area (Å²) in [5.41, 5.74) is 1.79. The van der Waals surface area contributed by atoms with E-state index < -0.39 is 0 Å². The van der Waals surface area contributed by atoms with E-state index >= 15 is 0 Å². The zero-order valence-corrected chi connectivity index (χ0v) is 15.6. The van der Waals surface area contributed by atoms with Gasteiger partial charge in [0.2, 0.25) is 0 Å². The quantitative estimate of drug-likeness (QED) is 0.570. The highest BCUT2D eigenvalue weighted by Crippen LogP contribution is 2.42. The van der Waals surface area contributed by atoms with Crippen molar-refractivity contribution in [2.75, 3.05) is 13.1 Å². The fraction of sp³-hybridized carbons (Fsp3) is 0.391. The van der Waals surface area contributed by atoms with E-state index in [9.17, 15) is 9.59 Å². The van der Waals surface area contributed by atoms with Crippen molar-refractivity contribution in [3.05, 3.63) is 71.8 Å². The molecule has 0 amide bonds. The van der Waals surface area contributed by atoms with E-state index in [-0.39, 0.29) is 23.9 Å². The van der Waals surface area contributed by atoms with Crippen LogP contribution >= 0.6 is 0 Å². The van der Waals surface area contributed by atoms with Crippen LogP contribution in [0.2, 0.25) is 0 Å². The van der Waals surface area contributed by atoms with Crippen molar-refractivity contribution < 1.29 is 14.3 Å². The molecule has 1 aliphatic heterocycles. The van der Waals surface area contributed by atoms with Crippen LogP contribution in [-0.4, -0.2) is 25.3 Å². The van der Waals surface area contributed by atoms with E-state index in [0.717, 1.165) is 43.3 Å². The number of rotatable bonds is 8. The second-order valence-corrected chi connectivity index (χ2v) is 7.38. The Labute approximate surface area is 160 Å². The first-order valence-corrected chi connectivity index (χ1v) is 9.62. The van der Waals surface area contributed by atoms with Crippen molar-refractivity contribution in [2.45, 2.75) is 38.2 Å². The SMILES string of the molecule is O=CCC1(CC(C(=O)OCc2ccccc2)c2ccccc2)CCNCC1. The third-order valence-corrected chi connectivity index (χ3v) is 5.53. The number of benzene rings is 2. The summed E-state index contributed by atoms with van der Waals surface area (Å²) < 4.78 is 5.67. The highest BCUT2D eigenvalue weighted by Gasteiger charge is 2.37. The van der Waals surface area contributed by atoms with Crippen molar-refractivity contribution in [3.8, 4) is 0 Å². The van der Waals surface area contributed by atoms with Crippen LogP contribution in [0, 0.1) is 5.41 Å². The second-order valence-electron chi connectivity index (χ2n) is 7.38. The molecule has 2 aromatic rings. The Balaban J connectivity index is 1.78. The fourth-order valence-corrected chi connectivity index (χ4v) is 3.91. The number of aldehydes is 1. The Kier molecular flexibility index (Phi) is 6.77. The van der Waals surface area contributed by atoms with Crippen LogP contribution < -0.4 is 5.32 Å². The van der Waals surface area contributed by atoms with E-state index in [4.69, 9.17) is 4.74 Å². The molecule has 0 spiro atoms. The molecule has 2 aromatic carbocycles. The zero-order chi connectivity index (χ0) is 19.0. The van der Waals surface area contributed by atoms with Gasteiger partial charge in [-0.25, -0.2) is 0 Å². The second kappa shape index (κ2) is 9.47. The Hall–Kier alpha value is -2.46. The molecule has 0 radical (unpaired) electrons. The third-order valence-electron chi connectivity index (χ3n) is 5.53. The maximum absolute atomic E-state index is 13.0. The summed E-state index contributed by atoms with van der Waals surface area (Å²) in [6, 6.07) is 19.5. The molecule has 1 unspecified atom stereocenters. The van der Waals surface area contributed by atoms with Gasteiger partial charge in [-0.2, -0.15) is 0 Å². The molecule has 3 rings (SSSR count). The number of hydrogen-bond donors (Lipinski definition) is 1. The standard InChI is InChI=1S/C23H27NO3/c25-16-13-23(11-14-24-15-12-23)17-21(20-9-5-2-6-10-20)22(26)27-18-19-7-3-1-4-8-19/h1-10,16,21,24H,11-15,17-18H2. The lowest BCUT2D eigenvalue weighted by molar-refractivity contribution is -0.148. The van der Waals surface area contributed by atoms with Gasteiger partial charge in [0.15, 0.2) is 0 Å². The Bertz CT molecular complexity index is 724. The maximum Gasteiger partial charge on any atom is 0.313 e. The topological polar surface area (TPSA) is 55.4 Å². The predicted molar refractivity (Wildman–Crippen MR) is 105 cm³/mol. The molecule has 1 atom stereocenters. The summed E-state index contributed by atoms with van der Waals surface area (Å²) in [6.45, 7) is 2.04. The minimum Gasteiger partial charge on any atom is -0.460 e. The Morgan fingerprint density at radius 3 is 2.30 bits per heavy atom. The number of carbonyl (C=O) groups is 2. The first kappa shape index (κ1) is 19.3. The lowest BCUT2D eigenvalue weighted by Gasteiger charge is -2.38. The number of ether oxygens (including phenoxy) is 1. The monoisotopic (exact) mass is 365 g/mol. The molecule has 0 bridgehead atoms. The highest BCUT2D eigenvalue weighted by molar-refractivity contribution is 5.78. The van der Waals surface area contributed by atoms with Gasteiger partial charge in [0.1, 0.15) is 12.9 Å². The lowest BCUT2D eigenvalue weighted by Crippen LogP contribution is -2.39. The molecule has 0 aliphatic carbocycles. The fourth-order valence-electron chi connectivity index (χ4n) is 3.91. The van der Waals surface area contributed by atoms with Gasteiger partial charge in [0.25, 0.3) is 0 Å². The first-order chi connectivity index (χ1) is 13.2. The Morgan fingerprint density at radius 1 is 1.04 bits per heavy atom. The van der Waals surface area contributed by atoms with Crippen molar-refractivity contribution >= 4 is 12.3 Å². The molecule has 4 nitrogen and oxygen atoms in total. The molecular formula is C23H27NO3. The van der Waals surface area contributed by atoms with E-state index in [1.807, 2.05) is 60.7 Å². The third kappa shape index (κ3) is 5.27. The van der Waals surface area contributed by atoms with Crippen LogP contribution in [0.3, 0.4) is 0 Å². The maximum atomic E-state index is 13.0. The van der Waals surface area contributed by atoms with Crippen molar-refractivity contribution in [2.24, 2.45) is 5.41 Å². The molecular weight excluding hydrogens is 338 g/mol. The van der Waals surface area contributed by atoms with Gasteiger partial charge in [0, 0.05) is 6.42 Å². The summed E-state index contributed by atoms with van der Waals surface area (Å²) in [5, 5.41) is 3.35. The number of piperidine rings is 1. The zero-order valence-electron chi connectivity index (χ0n) is 15.6. The summed E-state index contributed by atoms with van der Waals surface area (Å²) in [5.74, 6) is -0.568. The van der Waals surface area contributed by atoms with Gasteiger partial charge in [0.05, 0.1) is 5.92 Å². The van der Waals surface area contributed by atoms with Crippen LogP contribution in [0.25, 0.3) is 0 Å². The van der Waals surface area contributed by atoms with Crippen molar-refractivity contribution in [3.63, 3.8) is 0 Å². The predicted octanol–water partition coefficient (Wildman–Crippen LogP) is 3.86. The molecule has 1 fully saturated rings. The minimum atomic E-state index is -0.354. The lowest BCUT2D eigenvalue weighted by atomic mass is 9.69. The molecule has 0 saturated carbocycles. The summed E-state index contributed by atoms with van der Waals surface area (Å²) in [4.78, 5) is 24.4. The molecule has 1 aliphatic rings. The van der Waals surface area contributed by atoms with Gasteiger partial charge in [-0.1, -0.05) is 60.7 Å². The van der Waals surface area contributed by atoms with Crippen molar-refractivity contribution in [1.82, 2.24) is 5.32 Å². The summed E-state index contributed by atoms with van der Waals surface area (Å²) in [6.07, 6.45) is 3.94. The average molecular weight is 365 g/mol. The summed E-state index contributed by atoms with van der Waals surface area (Å²) in [7, 11) is 0. The van der Waals surface area contributed by atoms with Gasteiger partial charge in [-0.3, -0.25) is 4.79 Å². The number of esters is 1. The minimum absolute atomic E-state index is 0.140. The first-order valence-electron chi connectivity index (χ1n) is 9.62. The molecule has 27 heavy (non-hydrogen) atoms. The molecule has 4 heteroatoms. The van der Waals surface area contributed by atoms with Gasteiger partial charge in [-0.05, 0) is 48.9 Å². The smallest absolute Gasteiger partial charge is 0.313 e. The molecule has 142 valence electrons. The summed E-state index contributed by atoms with van der Waals surface area (Å²) >= 11 is 0.